The van der Waals surface area contributed by atoms with Crippen LogP contribution >= 0.6 is 0 Å². The maximum atomic E-state index is 11.5. The number of hydrogen-bond donors (Lipinski definition) is 2. The molecular weight excluding hydrogens is 228 g/mol. The van der Waals surface area contributed by atoms with E-state index in [4.69, 9.17) is 10.5 Å². The Balaban J connectivity index is 2.13. The fourth-order valence-corrected chi connectivity index (χ4v) is 2.11. The van der Waals surface area contributed by atoms with E-state index in [2.05, 4.69) is 12.2 Å². The molecule has 0 aliphatic heterocycles. The molecule has 0 aromatic rings. The van der Waals surface area contributed by atoms with Crippen LogP contribution in [-0.4, -0.2) is 31.2 Å². The first kappa shape index (κ1) is 15.4. The molecular formula is C14H28N2O2. The van der Waals surface area contributed by atoms with E-state index < -0.39 is 5.54 Å². The largest absolute Gasteiger partial charge is 0.381 e. The summed E-state index contributed by atoms with van der Waals surface area (Å²) in [5, 5.41) is 3.21. The summed E-state index contributed by atoms with van der Waals surface area (Å²) in [6.45, 7) is 6.15. The van der Waals surface area contributed by atoms with Gasteiger partial charge in [-0.15, -0.1) is 0 Å². The summed E-state index contributed by atoms with van der Waals surface area (Å²) in [6.07, 6.45) is 6.90. The Hall–Kier alpha value is -0.610. The maximum Gasteiger partial charge on any atom is 0.237 e. The highest BCUT2D eigenvalue weighted by Crippen LogP contribution is 2.29. The Morgan fingerprint density at radius 2 is 2.17 bits per heavy atom. The number of amides is 1. The fraction of sp³-hybridized carbons (Fsp3) is 0.929. The van der Waals surface area contributed by atoms with Gasteiger partial charge in [-0.3, -0.25) is 4.79 Å². The Morgan fingerprint density at radius 1 is 1.44 bits per heavy atom. The van der Waals surface area contributed by atoms with E-state index in [-0.39, 0.29) is 5.91 Å². The van der Waals surface area contributed by atoms with Crippen LogP contribution in [0.5, 0.6) is 0 Å². The predicted molar refractivity (Wildman–Crippen MR) is 73.3 cm³/mol. The van der Waals surface area contributed by atoms with E-state index in [0.29, 0.717) is 13.0 Å². The lowest BCUT2D eigenvalue weighted by Gasteiger charge is -2.28. The third kappa shape index (κ3) is 4.94. The first-order chi connectivity index (χ1) is 8.58. The number of primary amides is 1. The minimum atomic E-state index is -0.632. The van der Waals surface area contributed by atoms with Gasteiger partial charge in [0.05, 0.1) is 5.54 Å². The minimum absolute atomic E-state index is 0.293. The minimum Gasteiger partial charge on any atom is -0.381 e. The van der Waals surface area contributed by atoms with E-state index >= 15 is 0 Å². The van der Waals surface area contributed by atoms with Crippen molar-refractivity contribution in [3.05, 3.63) is 0 Å². The van der Waals surface area contributed by atoms with Gasteiger partial charge >= 0.3 is 0 Å². The first-order valence-electron chi connectivity index (χ1n) is 7.21. The molecule has 1 rings (SSSR count). The molecule has 1 aliphatic carbocycles. The van der Waals surface area contributed by atoms with Crippen LogP contribution in [0.2, 0.25) is 0 Å². The van der Waals surface area contributed by atoms with Gasteiger partial charge < -0.3 is 15.8 Å². The molecule has 4 nitrogen and oxygen atoms in total. The molecule has 1 atom stereocenters. The number of nitrogens with one attached hydrogen (secondary N) is 1. The number of ether oxygens (including phenoxy) is 1. The molecule has 0 heterocycles. The summed E-state index contributed by atoms with van der Waals surface area (Å²) < 4.78 is 5.62. The zero-order valence-electron chi connectivity index (χ0n) is 11.8. The standard InChI is InChI=1S/C14H28N2O2/c1-3-9-16-14(2,13(15)17)8-11-18-10-7-12-5-4-6-12/h12,16H,3-11H2,1-2H3,(H2,15,17). The summed E-state index contributed by atoms with van der Waals surface area (Å²) in [5.74, 6) is 0.587. The van der Waals surface area contributed by atoms with Crippen LogP contribution in [0, 0.1) is 5.92 Å². The van der Waals surface area contributed by atoms with Gasteiger partial charge in [0.2, 0.25) is 5.91 Å². The Morgan fingerprint density at radius 3 is 2.67 bits per heavy atom. The lowest BCUT2D eigenvalue weighted by molar-refractivity contribution is -0.124. The number of carbonyl (C=O) groups excluding carboxylic acids is 1. The Kier molecular flexibility index (Phi) is 6.65. The fourth-order valence-electron chi connectivity index (χ4n) is 2.11. The molecule has 106 valence electrons. The van der Waals surface area contributed by atoms with E-state index in [0.717, 1.165) is 31.9 Å². The second-order valence-electron chi connectivity index (χ2n) is 5.57. The van der Waals surface area contributed by atoms with Crippen LogP contribution in [-0.2, 0) is 9.53 Å². The monoisotopic (exact) mass is 256 g/mol. The van der Waals surface area contributed by atoms with Crippen molar-refractivity contribution in [3.8, 4) is 0 Å². The topological polar surface area (TPSA) is 64.3 Å². The highest BCUT2D eigenvalue weighted by molar-refractivity contribution is 5.84. The van der Waals surface area contributed by atoms with Crippen molar-refractivity contribution in [1.29, 1.82) is 0 Å². The molecule has 1 unspecified atom stereocenters. The van der Waals surface area contributed by atoms with Crippen LogP contribution in [0.3, 0.4) is 0 Å². The molecule has 0 aromatic carbocycles. The number of hydrogen-bond acceptors (Lipinski definition) is 3. The van der Waals surface area contributed by atoms with Crippen LogP contribution in [0.4, 0.5) is 0 Å². The second kappa shape index (κ2) is 7.74. The van der Waals surface area contributed by atoms with Gasteiger partial charge in [-0.1, -0.05) is 26.2 Å². The van der Waals surface area contributed by atoms with Crippen LogP contribution in [0.25, 0.3) is 0 Å². The Labute approximate surface area is 111 Å². The molecule has 4 heteroatoms. The van der Waals surface area contributed by atoms with Gasteiger partial charge in [-0.25, -0.2) is 0 Å². The molecule has 0 radical (unpaired) electrons. The van der Waals surface area contributed by atoms with Gasteiger partial charge in [0.25, 0.3) is 0 Å². The number of carbonyl (C=O) groups is 1. The van der Waals surface area contributed by atoms with Crippen LogP contribution < -0.4 is 11.1 Å². The van der Waals surface area contributed by atoms with Gasteiger partial charge in [0.15, 0.2) is 0 Å². The van der Waals surface area contributed by atoms with Crippen molar-refractivity contribution in [3.63, 3.8) is 0 Å². The first-order valence-corrected chi connectivity index (χ1v) is 7.21. The Bertz CT molecular complexity index is 254. The molecule has 0 spiro atoms. The summed E-state index contributed by atoms with van der Waals surface area (Å²) in [5.41, 5.74) is 4.82. The lowest BCUT2D eigenvalue weighted by Crippen LogP contribution is -2.54. The van der Waals surface area contributed by atoms with Crippen molar-refractivity contribution in [1.82, 2.24) is 5.32 Å². The van der Waals surface area contributed by atoms with Crippen molar-refractivity contribution in [2.45, 2.75) is 57.9 Å². The van der Waals surface area contributed by atoms with E-state index in [1.807, 2.05) is 6.92 Å². The third-order valence-corrected chi connectivity index (χ3v) is 3.95. The quantitative estimate of drug-likeness (QED) is 0.586. The molecule has 1 amide bonds. The molecule has 0 aromatic heterocycles. The maximum absolute atomic E-state index is 11.5. The summed E-state index contributed by atoms with van der Waals surface area (Å²) in [6, 6.07) is 0. The van der Waals surface area contributed by atoms with Crippen LogP contribution in [0.1, 0.15) is 52.4 Å². The summed E-state index contributed by atoms with van der Waals surface area (Å²) >= 11 is 0. The predicted octanol–water partition coefficient (Wildman–Crippen LogP) is 1.83. The number of nitrogens with two attached hydrogens (primary N) is 1. The summed E-state index contributed by atoms with van der Waals surface area (Å²) in [4.78, 5) is 11.5. The molecule has 0 saturated heterocycles. The molecule has 1 saturated carbocycles. The smallest absolute Gasteiger partial charge is 0.237 e. The average molecular weight is 256 g/mol. The highest BCUT2D eigenvalue weighted by Gasteiger charge is 2.29. The number of rotatable bonds is 10. The van der Waals surface area contributed by atoms with E-state index in [1.54, 1.807) is 0 Å². The molecule has 18 heavy (non-hydrogen) atoms. The highest BCUT2D eigenvalue weighted by atomic mass is 16.5. The van der Waals surface area contributed by atoms with Gasteiger partial charge in [0, 0.05) is 13.2 Å². The van der Waals surface area contributed by atoms with Crippen molar-refractivity contribution in [2.75, 3.05) is 19.8 Å². The molecule has 1 fully saturated rings. The van der Waals surface area contributed by atoms with Gasteiger partial charge in [0.1, 0.15) is 0 Å². The zero-order chi connectivity index (χ0) is 13.4. The van der Waals surface area contributed by atoms with Gasteiger partial charge in [-0.05, 0) is 38.6 Å². The van der Waals surface area contributed by atoms with Crippen molar-refractivity contribution >= 4 is 5.91 Å². The van der Waals surface area contributed by atoms with Crippen molar-refractivity contribution in [2.24, 2.45) is 11.7 Å². The lowest BCUT2D eigenvalue weighted by atomic mass is 9.83. The SMILES string of the molecule is CCCNC(C)(CCOCCC1CCC1)C(N)=O. The van der Waals surface area contributed by atoms with Crippen LogP contribution in [0.15, 0.2) is 0 Å². The summed E-state index contributed by atoms with van der Waals surface area (Å²) in [7, 11) is 0. The second-order valence-corrected chi connectivity index (χ2v) is 5.57. The molecule has 3 N–H and O–H groups in total. The third-order valence-electron chi connectivity index (χ3n) is 3.95. The average Bonchev–Trinajstić information content (AvgIpc) is 2.28. The van der Waals surface area contributed by atoms with E-state index in [9.17, 15) is 4.79 Å². The normalized spacial score (nSPS) is 19.2. The van der Waals surface area contributed by atoms with E-state index in [1.165, 1.54) is 19.3 Å². The van der Waals surface area contributed by atoms with Gasteiger partial charge in [-0.2, -0.15) is 0 Å². The zero-order valence-corrected chi connectivity index (χ0v) is 11.8. The molecule has 1 aliphatic rings. The van der Waals surface area contributed by atoms with Crippen molar-refractivity contribution < 1.29 is 9.53 Å². The molecule has 0 bridgehead atoms.